The average Bonchev–Trinajstić information content (AvgIpc) is 3.56. The molecule has 3 amide bonds. The molecule has 4 unspecified atom stereocenters. The molecule has 0 radical (unpaired) electrons. The van der Waals surface area contributed by atoms with Crippen LogP contribution in [0.25, 0.3) is 6.08 Å². The van der Waals surface area contributed by atoms with Gasteiger partial charge >= 0.3 is 6.09 Å². The highest BCUT2D eigenvalue weighted by molar-refractivity contribution is 5.93. The van der Waals surface area contributed by atoms with Crippen LogP contribution in [0.1, 0.15) is 70.7 Å². The summed E-state index contributed by atoms with van der Waals surface area (Å²) < 4.78 is 5.48. The maximum Gasteiger partial charge on any atom is 0.408 e. The number of nitrogens with zero attached hydrogens (tertiary/aromatic N) is 1. The fourth-order valence-electron chi connectivity index (χ4n) is 4.53. The molecule has 0 saturated heterocycles. The molecule has 3 N–H and O–H groups in total. The number of ether oxygens (including phenoxy) is 1. The van der Waals surface area contributed by atoms with Crippen molar-refractivity contribution in [2.45, 2.75) is 84.2 Å². The van der Waals surface area contributed by atoms with E-state index in [0.29, 0.717) is 5.56 Å². The van der Waals surface area contributed by atoms with Gasteiger partial charge in [0, 0.05) is 18.5 Å². The predicted octanol–water partition coefficient (Wildman–Crippen LogP) is 4.97. The summed E-state index contributed by atoms with van der Waals surface area (Å²) in [5, 5.41) is 15.5. The van der Waals surface area contributed by atoms with Crippen molar-refractivity contribution in [2.75, 3.05) is 0 Å². The number of hydrogen-bond donors (Lipinski definition) is 3. The molecule has 39 heavy (non-hydrogen) atoms. The van der Waals surface area contributed by atoms with Gasteiger partial charge in [0.05, 0.1) is 0 Å². The lowest BCUT2D eigenvalue weighted by molar-refractivity contribution is -0.143. The summed E-state index contributed by atoms with van der Waals surface area (Å²) in [5.74, 6) is -0.375. The molecule has 8 heteroatoms. The Bertz CT molecular complexity index is 1190. The van der Waals surface area contributed by atoms with E-state index in [1.54, 1.807) is 43.9 Å². The van der Waals surface area contributed by atoms with E-state index < -0.39 is 23.8 Å². The van der Waals surface area contributed by atoms with Crippen molar-refractivity contribution in [1.29, 1.82) is 0 Å². The molecule has 1 saturated carbocycles. The maximum absolute atomic E-state index is 14.4. The molecule has 3 rings (SSSR count). The van der Waals surface area contributed by atoms with Gasteiger partial charge in [0.1, 0.15) is 23.4 Å². The third kappa shape index (κ3) is 8.34. The van der Waals surface area contributed by atoms with E-state index in [2.05, 4.69) is 17.2 Å². The highest BCUT2D eigenvalue weighted by Gasteiger charge is 2.48. The summed E-state index contributed by atoms with van der Waals surface area (Å²) >= 11 is 0. The van der Waals surface area contributed by atoms with Crippen LogP contribution in [0.4, 0.5) is 4.79 Å². The number of carbonyl (C=O) groups excluding carboxylic acids is 3. The van der Waals surface area contributed by atoms with Gasteiger partial charge in [-0.15, -0.1) is 0 Å². The van der Waals surface area contributed by atoms with Crippen molar-refractivity contribution >= 4 is 24.0 Å². The minimum absolute atomic E-state index is 0.0997. The Hall–Kier alpha value is -3.81. The van der Waals surface area contributed by atoms with Crippen molar-refractivity contribution in [3.05, 3.63) is 71.8 Å². The molecule has 0 aromatic heterocycles. The smallest absolute Gasteiger partial charge is 0.408 e. The number of phenolic OH excluding ortho intramolecular Hbond substituents is 1. The fraction of sp³-hybridized carbons (Fsp3) is 0.452. The SMILES string of the molecule is C=Cc1cccc(C(C(=O)NC(C)C)N(C(=O)C(Cc2ccc(O)cc2)NC(=O)OC(C)(C)C)C2CC2C)c1. The summed E-state index contributed by atoms with van der Waals surface area (Å²) in [6.07, 6.45) is 1.88. The van der Waals surface area contributed by atoms with Crippen LogP contribution in [0.15, 0.2) is 55.1 Å². The van der Waals surface area contributed by atoms with Crippen molar-refractivity contribution in [3.8, 4) is 5.75 Å². The molecule has 2 aromatic carbocycles. The molecule has 0 spiro atoms. The van der Waals surface area contributed by atoms with Gasteiger partial charge in [-0.2, -0.15) is 0 Å². The molecule has 8 nitrogen and oxygen atoms in total. The zero-order valence-corrected chi connectivity index (χ0v) is 23.7. The van der Waals surface area contributed by atoms with Gasteiger partial charge in [-0.25, -0.2) is 4.79 Å². The minimum atomic E-state index is -1.01. The summed E-state index contributed by atoms with van der Waals surface area (Å²) in [5.41, 5.74) is 1.48. The highest BCUT2D eigenvalue weighted by atomic mass is 16.6. The molecule has 1 aliphatic rings. The van der Waals surface area contributed by atoms with Crippen LogP contribution in [0.2, 0.25) is 0 Å². The lowest BCUT2D eigenvalue weighted by Gasteiger charge is -2.35. The standard InChI is InChI=1S/C31H41N3O5/c1-8-21-10-9-11-23(17-21)27(28(36)32-19(2)3)34(26-16-20(26)4)29(37)25(33-30(38)39-31(5,6)7)18-22-12-14-24(35)15-13-22/h8-15,17,19-20,25-27,35H,1,16,18H2,2-7H3,(H,32,36)(H,33,38). The number of phenols is 1. The molecular weight excluding hydrogens is 494 g/mol. The fourth-order valence-corrected chi connectivity index (χ4v) is 4.53. The molecular formula is C31H41N3O5. The van der Waals surface area contributed by atoms with Gasteiger partial charge in [0.2, 0.25) is 11.8 Å². The van der Waals surface area contributed by atoms with Gasteiger partial charge in [0.15, 0.2) is 0 Å². The topological polar surface area (TPSA) is 108 Å². The molecule has 2 aromatic rings. The number of aromatic hydroxyl groups is 1. The molecule has 0 heterocycles. The quantitative estimate of drug-likeness (QED) is 0.398. The Morgan fingerprint density at radius 1 is 1.13 bits per heavy atom. The number of hydrogen-bond acceptors (Lipinski definition) is 5. The van der Waals surface area contributed by atoms with E-state index in [4.69, 9.17) is 4.74 Å². The summed E-state index contributed by atoms with van der Waals surface area (Å²) in [7, 11) is 0. The monoisotopic (exact) mass is 535 g/mol. The zero-order valence-electron chi connectivity index (χ0n) is 23.7. The van der Waals surface area contributed by atoms with Gasteiger partial charge in [-0.3, -0.25) is 9.59 Å². The molecule has 1 aliphatic carbocycles. The number of benzene rings is 2. The minimum Gasteiger partial charge on any atom is -0.508 e. The molecule has 4 atom stereocenters. The normalized spacial score (nSPS) is 18.0. The van der Waals surface area contributed by atoms with Crippen LogP contribution >= 0.6 is 0 Å². The number of amides is 3. The van der Waals surface area contributed by atoms with Crippen molar-refractivity contribution in [3.63, 3.8) is 0 Å². The second kappa shape index (κ2) is 12.4. The second-order valence-electron chi connectivity index (χ2n) is 11.5. The van der Waals surface area contributed by atoms with Crippen molar-refractivity contribution in [2.24, 2.45) is 5.92 Å². The van der Waals surface area contributed by atoms with E-state index in [0.717, 1.165) is 17.5 Å². The van der Waals surface area contributed by atoms with Gasteiger partial charge < -0.3 is 25.4 Å². The third-order valence-corrected chi connectivity index (χ3v) is 6.46. The first kappa shape index (κ1) is 29.7. The van der Waals surface area contributed by atoms with Gasteiger partial charge in [0.25, 0.3) is 0 Å². The maximum atomic E-state index is 14.4. The Morgan fingerprint density at radius 2 is 1.77 bits per heavy atom. The van der Waals surface area contributed by atoms with E-state index in [-0.39, 0.29) is 42.0 Å². The van der Waals surface area contributed by atoms with Gasteiger partial charge in [-0.05, 0) is 81.8 Å². The largest absolute Gasteiger partial charge is 0.508 e. The molecule has 1 fully saturated rings. The van der Waals surface area contributed by atoms with Crippen LogP contribution in [0.3, 0.4) is 0 Å². The van der Waals surface area contributed by atoms with Crippen LogP contribution in [0, 0.1) is 5.92 Å². The van der Waals surface area contributed by atoms with Crippen molar-refractivity contribution in [1.82, 2.24) is 15.5 Å². The van der Waals surface area contributed by atoms with Gasteiger partial charge in [-0.1, -0.05) is 49.9 Å². The van der Waals surface area contributed by atoms with Crippen LogP contribution < -0.4 is 10.6 Å². The Labute approximate surface area is 231 Å². The number of alkyl carbamates (subject to hydrolysis) is 1. The molecule has 0 aliphatic heterocycles. The predicted molar refractivity (Wildman–Crippen MR) is 152 cm³/mol. The van der Waals surface area contributed by atoms with E-state index >= 15 is 0 Å². The summed E-state index contributed by atoms with van der Waals surface area (Å²) in [6.45, 7) is 14.9. The van der Waals surface area contributed by atoms with E-state index in [1.165, 1.54) is 12.1 Å². The summed E-state index contributed by atoms with van der Waals surface area (Å²) in [4.78, 5) is 42.6. The molecule has 210 valence electrons. The first-order valence-electron chi connectivity index (χ1n) is 13.4. The lowest BCUT2D eigenvalue weighted by Crippen LogP contribution is -2.55. The van der Waals surface area contributed by atoms with Crippen LogP contribution in [-0.2, 0) is 20.7 Å². The Kier molecular flexibility index (Phi) is 9.43. The van der Waals surface area contributed by atoms with Crippen LogP contribution in [0.5, 0.6) is 5.75 Å². The Balaban J connectivity index is 2.06. The zero-order chi connectivity index (χ0) is 28.9. The average molecular weight is 536 g/mol. The van der Waals surface area contributed by atoms with Crippen LogP contribution in [-0.4, -0.2) is 51.6 Å². The third-order valence-electron chi connectivity index (χ3n) is 6.46. The number of rotatable bonds is 10. The van der Waals surface area contributed by atoms with E-state index in [1.807, 2.05) is 45.0 Å². The van der Waals surface area contributed by atoms with E-state index in [9.17, 15) is 19.5 Å². The molecule has 0 bridgehead atoms. The summed E-state index contributed by atoms with van der Waals surface area (Å²) in [6, 6.07) is 11.7. The number of nitrogens with one attached hydrogen (secondary N) is 2. The first-order chi connectivity index (χ1) is 18.3. The second-order valence-corrected chi connectivity index (χ2v) is 11.5. The lowest BCUT2D eigenvalue weighted by atomic mass is 9.98. The highest BCUT2D eigenvalue weighted by Crippen LogP contribution is 2.41. The number of carbonyl (C=O) groups is 3. The van der Waals surface area contributed by atoms with Crippen molar-refractivity contribution < 1.29 is 24.2 Å². The first-order valence-corrected chi connectivity index (χ1v) is 13.4. The Morgan fingerprint density at radius 3 is 2.31 bits per heavy atom.